The molecule has 0 spiro atoms. The third kappa shape index (κ3) is 5.14. The molecule has 0 bridgehead atoms. The number of anilines is 2. The summed E-state index contributed by atoms with van der Waals surface area (Å²) < 4.78 is 0. The lowest BCUT2D eigenvalue weighted by Gasteiger charge is -2.34. The minimum absolute atomic E-state index is 0. The largest absolute Gasteiger partial charge is 0.370 e. The fourth-order valence-electron chi connectivity index (χ4n) is 3.31. The molecule has 142 valence electrons. The number of fused-ring (bicyclic) bond motifs is 1. The number of piperazine rings is 1. The molecule has 0 amide bonds. The van der Waals surface area contributed by atoms with E-state index in [1.807, 2.05) is 18.2 Å². The number of pyridine rings is 1. The highest BCUT2D eigenvalue weighted by Gasteiger charge is 2.18. The van der Waals surface area contributed by atoms with Crippen LogP contribution in [-0.2, 0) is 0 Å². The van der Waals surface area contributed by atoms with Crippen molar-refractivity contribution in [2.45, 2.75) is 6.42 Å². The number of halogens is 1. The van der Waals surface area contributed by atoms with Crippen molar-refractivity contribution in [1.29, 1.82) is 0 Å². The molecular formula is C20H25BrN6. The standard InChI is InChI=1S/C20H24N6.BrH/c1-2-6-18-17(5-1)7-8-19(24-18)21-11-4-12-25-13-15-26(16-14-25)20-22-9-3-10-23-20;/h1-3,5-10H,4,11-16H2,(H,21,24);1H. The molecule has 0 saturated carbocycles. The zero-order valence-corrected chi connectivity index (χ0v) is 17.0. The van der Waals surface area contributed by atoms with Gasteiger partial charge in [0.25, 0.3) is 0 Å². The van der Waals surface area contributed by atoms with Crippen molar-refractivity contribution in [3.8, 4) is 0 Å². The van der Waals surface area contributed by atoms with Crippen LogP contribution in [0.2, 0.25) is 0 Å². The molecule has 7 heteroatoms. The first-order valence-corrected chi connectivity index (χ1v) is 9.22. The van der Waals surface area contributed by atoms with Crippen LogP contribution in [0.25, 0.3) is 10.9 Å². The maximum Gasteiger partial charge on any atom is 0.225 e. The van der Waals surface area contributed by atoms with Crippen molar-refractivity contribution in [2.75, 3.05) is 49.5 Å². The summed E-state index contributed by atoms with van der Waals surface area (Å²) in [6, 6.07) is 14.2. The SMILES string of the molecule is Br.c1cnc(N2CCN(CCCNc3ccc4ccccc4n3)CC2)nc1. The molecule has 6 nitrogen and oxygen atoms in total. The number of nitrogens with one attached hydrogen (secondary N) is 1. The van der Waals surface area contributed by atoms with E-state index in [9.17, 15) is 0 Å². The molecule has 0 atom stereocenters. The van der Waals surface area contributed by atoms with Gasteiger partial charge in [-0.25, -0.2) is 15.0 Å². The number of rotatable bonds is 6. The third-order valence-corrected chi connectivity index (χ3v) is 4.76. The quantitative estimate of drug-likeness (QED) is 0.608. The molecule has 0 radical (unpaired) electrons. The van der Waals surface area contributed by atoms with Crippen LogP contribution < -0.4 is 10.2 Å². The highest BCUT2D eigenvalue weighted by molar-refractivity contribution is 8.93. The van der Waals surface area contributed by atoms with Crippen LogP contribution in [0, 0.1) is 0 Å². The normalized spacial score (nSPS) is 14.7. The summed E-state index contributed by atoms with van der Waals surface area (Å²) in [6.07, 6.45) is 4.72. The van der Waals surface area contributed by atoms with Gasteiger partial charge >= 0.3 is 0 Å². The van der Waals surface area contributed by atoms with Gasteiger partial charge in [-0.1, -0.05) is 18.2 Å². The second kappa shape index (κ2) is 9.62. The van der Waals surface area contributed by atoms with Gasteiger partial charge in [-0.15, -0.1) is 17.0 Å². The van der Waals surface area contributed by atoms with Crippen molar-refractivity contribution >= 4 is 39.7 Å². The minimum Gasteiger partial charge on any atom is -0.370 e. The Morgan fingerprint density at radius 1 is 0.889 bits per heavy atom. The Labute approximate surface area is 170 Å². The Balaban J connectivity index is 0.00000210. The van der Waals surface area contributed by atoms with Crippen molar-refractivity contribution in [2.24, 2.45) is 0 Å². The van der Waals surface area contributed by atoms with Gasteiger partial charge in [-0.3, -0.25) is 4.90 Å². The van der Waals surface area contributed by atoms with E-state index < -0.39 is 0 Å². The molecular weight excluding hydrogens is 404 g/mol. The first kappa shape index (κ1) is 19.5. The van der Waals surface area contributed by atoms with Crippen LogP contribution in [0.4, 0.5) is 11.8 Å². The summed E-state index contributed by atoms with van der Waals surface area (Å²) in [6.45, 7) is 6.14. The predicted octanol–water partition coefficient (Wildman–Crippen LogP) is 3.23. The molecule has 1 aliphatic heterocycles. The van der Waals surface area contributed by atoms with E-state index in [1.165, 1.54) is 5.39 Å². The van der Waals surface area contributed by atoms with Gasteiger partial charge in [0, 0.05) is 50.5 Å². The van der Waals surface area contributed by atoms with Gasteiger partial charge in [0.05, 0.1) is 5.52 Å². The Morgan fingerprint density at radius 2 is 1.67 bits per heavy atom. The Kier molecular flexibility index (Phi) is 6.95. The van der Waals surface area contributed by atoms with Gasteiger partial charge in [-0.05, 0) is 37.2 Å². The van der Waals surface area contributed by atoms with Crippen LogP contribution in [0.1, 0.15) is 6.42 Å². The lowest BCUT2D eigenvalue weighted by atomic mass is 10.2. The molecule has 27 heavy (non-hydrogen) atoms. The van der Waals surface area contributed by atoms with Crippen LogP contribution in [0.5, 0.6) is 0 Å². The molecule has 0 aliphatic carbocycles. The van der Waals surface area contributed by atoms with Gasteiger partial charge < -0.3 is 10.2 Å². The van der Waals surface area contributed by atoms with E-state index in [0.717, 1.165) is 63.0 Å². The smallest absolute Gasteiger partial charge is 0.225 e. The second-order valence-electron chi connectivity index (χ2n) is 6.55. The number of nitrogens with zero attached hydrogens (tertiary/aromatic N) is 5. The first-order chi connectivity index (χ1) is 12.9. The van der Waals surface area contributed by atoms with E-state index >= 15 is 0 Å². The maximum absolute atomic E-state index is 4.66. The van der Waals surface area contributed by atoms with Crippen LogP contribution in [0.15, 0.2) is 54.9 Å². The summed E-state index contributed by atoms with van der Waals surface area (Å²) in [7, 11) is 0. The monoisotopic (exact) mass is 428 g/mol. The molecule has 3 heterocycles. The van der Waals surface area contributed by atoms with Crippen LogP contribution in [-0.4, -0.2) is 59.1 Å². The molecule has 1 aromatic carbocycles. The molecule has 4 rings (SSSR count). The summed E-state index contributed by atoms with van der Waals surface area (Å²) in [5.41, 5.74) is 1.04. The van der Waals surface area contributed by atoms with Crippen LogP contribution in [0.3, 0.4) is 0 Å². The topological polar surface area (TPSA) is 57.2 Å². The van der Waals surface area contributed by atoms with Gasteiger partial charge in [0.2, 0.25) is 5.95 Å². The number of hydrogen-bond donors (Lipinski definition) is 1. The Morgan fingerprint density at radius 3 is 2.48 bits per heavy atom. The summed E-state index contributed by atoms with van der Waals surface area (Å²) in [5.74, 6) is 1.80. The summed E-state index contributed by atoms with van der Waals surface area (Å²) in [4.78, 5) is 18.1. The lowest BCUT2D eigenvalue weighted by Crippen LogP contribution is -2.47. The molecule has 1 aliphatic rings. The minimum atomic E-state index is 0. The van der Waals surface area contributed by atoms with Crippen LogP contribution >= 0.6 is 17.0 Å². The van der Waals surface area contributed by atoms with Gasteiger partial charge in [-0.2, -0.15) is 0 Å². The summed E-state index contributed by atoms with van der Waals surface area (Å²) in [5, 5.41) is 4.62. The average molecular weight is 429 g/mol. The molecule has 0 unspecified atom stereocenters. The third-order valence-electron chi connectivity index (χ3n) is 4.76. The summed E-state index contributed by atoms with van der Waals surface area (Å²) >= 11 is 0. The highest BCUT2D eigenvalue weighted by Crippen LogP contribution is 2.14. The lowest BCUT2D eigenvalue weighted by molar-refractivity contribution is 0.256. The fourth-order valence-corrected chi connectivity index (χ4v) is 3.31. The molecule has 1 saturated heterocycles. The Hall–Kier alpha value is -2.25. The van der Waals surface area contributed by atoms with Crippen molar-refractivity contribution in [3.05, 3.63) is 54.9 Å². The zero-order valence-electron chi connectivity index (χ0n) is 15.3. The molecule has 2 aromatic heterocycles. The predicted molar refractivity (Wildman–Crippen MR) is 116 cm³/mol. The van der Waals surface area contributed by atoms with E-state index in [1.54, 1.807) is 12.4 Å². The van der Waals surface area contributed by atoms with E-state index in [4.69, 9.17) is 0 Å². The number of aromatic nitrogens is 3. The Bertz CT molecular complexity index is 836. The average Bonchev–Trinajstić information content (AvgIpc) is 2.72. The maximum atomic E-state index is 4.66. The number of benzene rings is 1. The molecule has 1 N–H and O–H groups in total. The van der Waals surface area contributed by atoms with Crippen molar-refractivity contribution in [3.63, 3.8) is 0 Å². The first-order valence-electron chi connectivity index (χ1n) is 9.22. The highest BCUT2D eigenvalue weighted by atomic mass is 79.9. The van der Waals surface area contributed by atoms with E-state index in [-0.39, 0.29) is 17.0 Å². The van der Waals surface area contributed by atoms with E-state index in [2.05, 4.69) is 54.3 Å². The molecule has 3 aromatic rings. The van der Waals surface area contributed by atoms with Gasteiger partial charge in [0.1, 0.15) is 5.82 Å². The second-order valence-corrected chi connectivity index (χ2v) is 6.55. The van der Waals surface area contributed by atoms with Crippen molar-refractivity contribution < 1.29 is 0 Å². The van der Waals surface area contributed by atoms with Crippen molar-refractivity contribution in [1.82, 2.24) is 19.9 Å². The molecule has 1 fully saturated rings. The number of para-hydroxylation sites is 1. The number of hydrogen-bond acceptors (Lipinski definition) is 6. The van der Waals surface area contributed by atoms with E-state index in [0.29, 0.717) is 0 Å². The zero-order chi connectivity index (χ0) is 17.6. The fraction of sp³-hybridized carbons (Fsp3) is 0.350. The van der Waals surface area contributed by atoms with Gasteiger partial charge in [0.15, 0.2) is 0 Å².